The monoisotopic (exact) mass is 307 g/mol. The Morgan fingerprint density at radius 3 is 2.45 bits per heavy atom. The molecule has 1 amide bonds. The van der Waals surface area contributed by atoms with Gasteiger partial charge in [-0.15, -0.1) is 0 Å². The molecule has 0 aromatic heterocycles. The predicted octanol–water partition coefficient (Wildman–Crippen LogP) is 1.79. The second kappa shape index (κ2) is 6.36. The summed E-state index contributed by atoms with van der Waals surface area (Å²) >= 11 is 0. The van der Waals surface area contributed by atoms with Gasteiger partial charge in [-0.3, -0.25) is 4.79 Å². The van der Waals surface area contributed by atoms with Gasteiger partial charge in [-0.2, -0.15) is 0 Å². The number of hydrogen-bond donors (Lipinski definition) is 1. The van der Waals surface area contributed by atoms with Gasteiger partial charge in [0.1, 0.15) is 11.4 Å². The maximum atomic E-state index is 12.5. The van der Waals surface area contributed by atoms with Gasteiger partial charge in [-0.25, -0.2) is 4.79 Å². The largest absolute Gasteiger partial charge is 0.488 e. The summed E-state index contributed by atoms with van der Waals surface area (Å²) in [6.45, 7) is 6.47. The van der Waals surface area contributed by atoms with Gasteiger partial charge in [0.05, 0.1) is 13.2 Å². The van der Waals surface area contributed by atoms with Gasteiger partial charge in [0.15, 0.2) is 6.04 Å². The number of benzene rings is 1. The Morgan fingerprint density at radius 1 is 1.27 bits per heavy atom. The van der Waals surface area contributed by atoms with Crippen LogP contribution in [0.25, 0.3) is 0 Å². The number of aliphatic carboxylic acids is 1. The minimum absolute atomic E-state index is 0.0201. The quantitative estimate of drug-likeness (QED) is 0.921. The van der Waals surface area contributed by atoms with Gasteiger partial charge < -0.3 is 19.5 Å². The molecule has 1 aliphatic rings. The third-order valence-corrected chi connectivity index (χ3v) is 3.20. The lowest BCUT2D eigenvalue weighted by Gasteiger charge is -2.33. The number of amides is 1. The van der Waals surface area contributed by atoms with Gasteiger partial charge >= 0.3 is 5.97 Å². The highest BCUT2D eigenvalue weighted by molar-refractivity contribution is 5.96. The summed E-state index contributed by atoms with van der Waals surface area (Å²) in [7, 11) is 0. The van der Waals surface area contributed by atoms with E-state index in [-0.39, 0.29) is 24.7 Å². The third kappa shape index (κ3) is 3.98. The lowest BCUT2D eigenvalue weighted by molar-refractivity contribution is -0.147. The first-order valence-corrected chi connectivity index (χ1v) is 7.18. The maximum Gasteiger partial charge on any atom is 0.328 e. The highest BCUT2D eigenvalue weighted by Gasteiger charge is 2.33. The number of nitrogens with zero attached hydrogens (tertiary/aromatic N) is 1. The van der Waals surface area contributed by atoms with Crippen molar-refractivity contribution < 1.29 is 24.2 Å². The fourth-order valence-electron chi connectivity index (χ4n) is 2.24. The molecule has 0 radical (unpaired) electrons. The van der Waals surface area contributed by atoms with Crippen LogP contribution in [0.3, 0.4) is 0 Å². The highest BCUT2D eigenvalue weighted by Crippen LogP contribution is 2.20. The molecule has 1 atom stereocenters. The molecule has 1 fully saturated rings. The average Bonchev–Trinajstić information content (AvgIpc) is 2.45. The summed E-state index contributed by atoms with van der Waals surface area (Å²) < 4.78 is 10.8. The van der Waals surface area contributed by atoms with Crippen LogP contribution in [-0.2, 0) is 9.53 Å². The SMILES string of the molecule is CC(C)(C)Oc1ccc(C(=O)N2CCOCC2C(=O)O)cc1. The fourth-order valence-corrected chi connectivity index (χ4v) is 2.24. The van der Waals surface area contributed by atoms with E-state index in [0.29, 0.717) is 17.9 Å². The first kappa shape index (κ1) is 16.3. The predicted molar refractivity (Wildman–Crippen MR) is 80.1 cm³/mol. The zero-order valence-electron chi connectivity index (χ0n) is 13.0. The standard InChI is InChI=1S/C16H21NO5/c1-16(2,3)22-12-6-4-11(5-7-12)14(18)17-8-9-21-10-13(17)15(19)20/h4-7,13H,8-10H2,1-3H3,(H,19,20). The summed E-state index contributed by atoms with van der Waals surface area (Å²) in [6, 6.07) is 5.80. The van der Waals surface area contributed by atoms with Crippen LogP contribution < -0.4 is 4.74 Å². The fraction of sp³-hybridized carbons (Fsp3) is 0.500. The highest BCUT2D eigenvalue weighted by atomic mass is 16.5. The molecule has 6 heteroatoms. The second-order valence-corrected chi connectivity index (χ2v) is 6.17. The van der Waals surface area contributed by atoms with Crippen molar-refractivity contribution in [2.45, 2.75) is 32.4 Å². The summed E-state index contributed by atoms with van der Waals surface area (Å²) in [5.74, 6) is -0.695. The molecule has 1 aromatic rings. The van der Waals surface area contributed by atoms with Crippen molar-refractivity contribution in [3.05, 3.63) is 29.8 Å². The van der Waals surface area contributed by atoms with Crippen LogP contribution in [0.2, 0.25) is 0 Å². The van der Waals surface area contributed by atoms with E-state index in [1.165, 1.54) is 4.90 Å². The second-order valence-electron chi connectivity index (χ2n) is 6.17. The number of carboxylic acids is 1. The average molecular weight is 307 g/mol. The van der Waals surface area contributed by atoms with E-state index in [4.69, 9.17) is 9.47 Å². The topological polar surface area (TPSA) is 76.1 Å². The van der Waals surface area contributed by atoms with Gasteiger partial charge in [-0.05, 0) is 45.0 Å². The molecule has 6 nitrogen and oxygen atoms in total. The van der Waals surface area contributed by atoms with Gasteiger partial charge in [0.2, 0.25) is 0 Å². The van der Waals surface area contributed by atoms with Gasteiger partial charge in [0, 0.05) is 12.1 Å². The number of carbonyl (C=O) groups is 2. The van der Waals surface area contributed by atoms with E-state index in [1.54, 1.807) is 24.3 Å². The molecule has 1 saturated heterocycles. The number of hydrogen-bond acceptors (Lipinski definition) is 4. The van der Waals surface area contributed by atoms with Crippen molar-refractivity contribution in [3.8, 4) is 5.75 Å². The Bertz CT molecular complexity index is 547. The van der Waals surface area contributed by atoms with E-state index >= 15 is 0 Å². The molecule has 0 spiro atoms. The lowest BCUT2D eigenvalue weighted by Crippen LogP contribution is -2.52. The molecule has 0 saturated carbocycles. The van der Waals surface area contributed by atoms with E-state index in [1.807, 2.05) is 20.8 Å². The van der Waals surface area contributed by atoms with E-state index in [2.05, 4.69) is 0 Å². The minimum Gasteiger partial charge on any atom is -0.488 e. The molecule has 0 aliphatic carbocycles. The Morgan fingerprint density at radius 2 is 1.91 bits per heavy atom. The summed E-state index contributed by atoms with van der Waals surface area (Å²) in [4.78, 5) is 25.0. The first-order valence-electron chi connectivity index (χ1n) is 7.18. The normalized spacial score (nSPS) is 18.9. The maximum absolute atomic E-state index is 12.5. The van der Waals surface area contributed by atoms with Crippen LogP contribution >= 0.6 is 0 Å². The Labute approximate surface area is 129 Å². The van der Waals surface area contributed by atoms with Crippen molar-refractivity contribution in [2.75, 3.05) is 19.8 Å². The number of ether oxygens (including phenoxy) is 2. The Balaban J connectivity index is 2.13. The zero-order valence-corrected chi connectivity index (χ0v) is 13.0. The molecule has 1 aliphatic heterocycles. The van der Waals surface area contributed by atoms with E-state index < -0.39 is 12.0 Å². The molecule has 0 bridgehead atoms. The van der Waals surface area contributed by atoms with Crippen LogP contribution in [0.4, 0.5) is 0 Å². The molecular formula is C16H21NO5. The van der Waals surface area contributed by atoms with Crippen LogP contribution in [0.5, 0.6) is 5.75 Å². The van der Waals surface area contributed by atoms with Crippen molar-refractivity contribution in [1.82, 2.24) is 4.90 Å². The number of morpholine rings is 1. The van der Waals surface area contributed by atoms with Gasteiger partial charge in [-0.1, -0.05) is 0 Å². The summed E-state index contributed by atoms with van der Waals surface area (Å²) in [6.07, 6.45) is 0. The minimum atomic E-state index is -1.05. The van der Waals surface area contributed by atoms with Crippen molar-refractivity contribution in [3.63, 3.8) is 0 Å². The molecule has 1 heterocycles. The van der Waals surface area contributed by atoms with Crippen molar-refractivity contribution >= 4 is 11.9 Å². The molecule has 1 N–H and O–H groups in total. The first-order chi connectivity index (χ1) is 10.3. The van der Waals surface area contributed by atoms with Crippen LogP contribution in [0.15, 0.2) is 24.3 Å². The number of rotatable bonds is 3. The molecule has 1 unspecified atom stereocenters. The van der Waals surface area contributed by atoms with Crippen molar-refractivity contribution in [2.24, 2.45) is 0 Å². The molecule has 2 rings (SSSR count). The van der Waals surface area contributed by atoms with E-state index in [0.717, 1.165) is 0 Å². The van der Waals surface area contributed by atoms with E-state index in [9.17, 15) is 14.7 Å². The summed E-state index contributed by atoms with van der Waals surface area (Å²) in [5, 5.41) is 9.18. The Kier molecular flexibility index (Phi) is 4.71. The summed E-state index contributed by atoms with van der Waals surface area (Å²) in [5.41, 5.74) is 0.124. The van der Waals surface area contributed by atoms with Gasteiger partial charge in [0.25, 0.3) is 5.91 Å². The molecule has 22 heavy (non-hydrogen) atoms. The van der Waals surface area contributed by atoms with Crippen LogP contribution in [-0.4, -0.2) is 53.3 Å². The smallest absolute Gasteiger partial charge is 0.328 e. The Hall–Kier alpha value is -2.08. The third-order valence-electron chi connectivity index (χ3n) is 3.20. The number of carboxylic acid groups (broad SMARTS) is 1. The lowest BCUT2D eigenvalue weighted by atomic mass is 10.1. The molecule has 1 aromatic carbocycles. The molecular weight excluding hydrogens is 286 g/mol. The van der Waals surface area contributed by atoms with Crippen LogP contribution in [0, 0.1) is 0 Å². The molecule has 120 valence electrons. The van der Waals surface area contributed by atoms with Crippen molar-refractivity contribution in [1.29, 1.82) is 0 Å². The van der Waals surface area contributed by atoms with Crippen LogP contribution in [0.1, 0.15) is 31.1 Å². The zero-order chi connectivity index (χ0) is 16.3. The number of carbonyl (C=O) groups excluding carboxylic acids is 1.